The normalized spacial score (nSPS) is 19.7. The summed E-state index contributed by atoms with van der Waals surface area (Å²) >= 11 is 1.62. The molecule has 0 bridgehead atoms. The van der Waals surface area contributed by atoms with E-state index in [-0.39, 0.29) is 5.41 Å². The number of aliphatic hydroxyl groups is 1. The zero-order valence-electron chi connectivity index (χ0n) is 11.6. The van der Waals surface area contributed by atoms with Gasteiger partial charge in [0.15, 0.2) is 0 Å². The van der Waals surface area contributed by atoms with E-state index in [0.29, 0.717) is 0 Å². The van der Waals surface area contributed by atoms with Gasteiger partial charge in [-0.2, -0.15) is 0 Å². The average Bonchev–Trinajstić information content (AvgIpc) is 2.99. The van der Waals surface area contributed by atoms with Crippen LogP contribution in [0.15, 0.2) is 36.5 Å². The Morgan fingerprint density at radius 2 is 1.95 bits per heavy atom. The van der Waals surface area contributed by atoms with Gasteiger partial charge in [0.1, 0.15) is 5.01 Å². The molecule has 1 aromatic heterocycles. The van der Waals surface area contributed by atoms with Crippen LogP contribution in [0.2, 0.25) is 0 Å². The van der Waals surface area contributed by atoms with Crippen molar-refractivity contribution in [3.8, 4) is 0 Å². The average molecular weight is 289 g/mol. The first-order valence-corrected chi connectivity index (χ1v) is 7.81. The summed E-state index contributed by atoms with van der Waals surface area (Å²) in [6.07, 6.45) is 3.26. The highest BCUT2D eigenvalue weighted by Crippen LogP contribution is 2.43. The van der Waals surface area contributed by atoms with E-state index in [2.05, 4.69) is 29.2 Å². The quantitative estimate of drug-likeness (QED) is 0.942. The van der Waals surface area contributed by atoms with Gasteiger partial charge in [-0.25, -0.2) is 4.98 Å². The minimum Gasteiger partial charge on any atom is -0.388 e. The summed E-state index contributed by atoms with van der Waals surface area (Å²) in [6.45, 7) is 3.31. The van der Waals surface area contributed by atoms with Crippen LogP contribution in [0.25, 0.3) is 0 Å². The Hall–Kier alpha value is -1.23. The van der Waals surface area contributed by atoms with Crippen LogP contribution in [-0.4, -0.2) is 23.3 Å². The predicted molar refractivity (Wildman–Crippen MR) is 80.0 cm³/mol. The molecule has 1 saturated heterocycles. The maximum atomic E-state index is 9.74. The third-order valence-corrected chi connectivity index (χ3v) is 5.39. The van der Waals surface area contributed by atoms with Crippen molar-refractivity contribution in [2.24, 2.45) is 0 Å². The van der Waals surface area contributed by atoms with Crippen LogP contribution >= 0.6 is 11.3 Å². The van der Waals surface area contributed by atoms with Crippen molar-refractivity contribution in [3.05, 3.63) is 52.0 Å². The molecule has 1 aromatic carbocycles. The smallest absolute Gasteiger partial charge is 0.104 e. The van der Waals surface area contributed by atoms with Crippen molar-refractivity contribution in [2.45, 2.75) is 31.3 Å². The van der Waals surface area contributed by atoms with Crippen molar-refractivity contribution in [3.63, 3.8) is 0 Å². The van der Waals surface area contributed by atoms with Gasteiger partial charge in [-0.05, 0) is 25.3 Å². The van der Waals surface area contributed by atoms with Gasteiger partial charge in [0, 0.05) is 19.4 Å². The molecular formula is C16H19NO2S. The van der Waals surface area contributed by atoms with E-state index in [1.54, 1.807) is 18.3 Å². The fourth-order valence-corrected chi connectivity index (χ4v) is 3.93. The van der Waals surface area contributed by atoms with Crippen molar-refractivity contribution in [2.75, 3.05) is 13.2 Å². The second-order valence-electron chi connectivity index (χ2n) is 5.30. The molecule has 0 amide bonds. The largest absolute Gasteiger partial charge is 0.388 e. The summed E-state index contributed by atoms with van der Waals surface area (Å²) in [5, 5.41) is 10.8. The molecule has 0 aliphatic carbocycles. The standard InChI is InChI=1S/C16H19NO2S/c1-12(18)14-11-17-15(20-14)16(7-9-19-10-8-16)13-5-3-2-4-6-13/h2-6,11-12,18H,7-10H2,1H3. The number of benzene rings is 1. The number of thiazole rings is 1. The number of aliphatic hydroxyl groups excluding tert-OH is 1. The summed E-state index contributed by atoms with van der Waals surface area (Å²) in [6, 6.07) is 10.6. The first-order valence-electron chi connectivity index (χ1n) is 7.00. The molecule has 0 saturated carbocycles. The molecule has 2 aromatic rings. The summed E-state index contributed by atoms with van der Waals surface area (Å²) < 4.78 is 5.55. The van der Waals surface area contributed by atoms with Gasteiger partial charge in [-0.15, -0.1) is 11.3 Å². The highest BCUT2D eigenvalue weighted by Gasteiger charge is 2.39. The Balaban J connectivity index is 2.05. The second kappa shape index (κ2) is 5.64. The Bertz CT molecular complexity index is 559. The van der Waals surface area contributed by atoms with Crippen molar-refractivity contribution >= 4 is 11.3 Å². The van der Waals surface area contributed by atoms with Gasteiger partial charge >= 0.3 is 0 Å². The predicted octanol–water partition coefficient (Wildman–Crippen LogP) is 3.29. The van der Waals surface area contributed by atoms with Crippen LogP contribution in [0.5, 0.6) is 0 Å². The van der Waals surface area contributed by atoms with E-state index in [9.17, 15) is 5.11 Å². The topological polar surface area (TPSA) is 42.4 Å². The van der Waals surface area contributed by atoms with Crippen molar-refractivity contribution in [1.29, 1.82) is 0 Å². The van der Waals surface area contributed by atoms with Crippen LogP contribution in [0.4, 0.5) is 0 Å². The lowest BCUT2D eigenvalue weighted by atomic mass is 9.75. The van der Waals surface area contributed by atoms with E-state index in [4.69, 9.17) is 4.74 Å². The molecule has 1 fully saturated rings. The molecule has 2 heterocycles. The Morgan fingerprint density at radius 3 is 2.55 bits per heavy atom. The van der Waals surface area contributed by atoms with Crippen LogP contribution < -0.4 is 0 Å². The van der Waals surface area contributed by atoms with Gasteiger partial charge in [0.25, 0.3) is 0 Å². The maximum Gasteiger partial charge on any atom is 0.104 e. The number of hydrogen-bond donors (Lipinski definition) is 1. The van der Waals surface area contributed by atoms with E-state index in [1.165, 1.54) is 5.56 Å². The highest BCUT2D eigenvalue weighted by molar-refractivity contribution is 7.11. The van der Waals surface area contributed by atoms with Crippen LogP contribution in [0.1, 0.15) is 41.3 Å². The molecule has 3 rings (SSSR count). The third-order valence-electron chi connectivity index (χ3n) is 4.02. The van der Waals surface area contributed by atoms with Crippen molar-refractivity contribution in [1.82, 2.24) is 4.98 Å². The lowest BCUT2D eigenvalue weighted by Gasteiger charge is -2.36. The van der Waals surface area contributed by atoms with E-state index in [1.807, 2.05) is 12.3 Å². The van der Waals surface area contributed by atoms with Crippen LogP contribution in [0, 0.1) is 0 Å². The number of rotatable bonds is 3. The third kappa shape index (κ3) is 2.39. The molecule has 0 radical (unpaired) electrons. The van der Waals surface area contributed by atoms with Crippen LogP contribution in [0.3, 0.4) is 0 Å². The molecule has 0 spiro atoms. The fraction of sp³-hybridized carbons (Fsp3) is 0.438. The van der Waals surface area contributed by atoms with Crippen molar-refractivity contribution < 1.29 is 9.84 Å². The number of hydrogen-bond acceptors (Lipinski definition) is 4. The number of aromatic nitrogens is 1. The molecule has 1 unspecified atom stereocenters. The fourth-order valence-electron chi connectivity index (χ4n) is 2.80. The van der Waals surface area contributed by atoms with Crippen LogP contribution in [-0.2, 0) is 10.2 Å². The Labute approximate surface area is 123 Å². The summed E-state index contributed by atoms with van der Waals surface area (Å²) in [5.41, 5.74) is 1.24. The monoisotopic (exact) mass is 289 g/mol. The molecule has 1 aliphatic rings. The van der Waals surface area contributed by atoms with E-state index >= 15 is 0 Å². The molecule has 20 heavy (non-hydrogen) atoms. The number of nitrogens with zero attached hydrogens (tertiary/aromatic N) is 1. The number of ether oxygens (including phenoxy) is 1. The first kappa shape index (κ1) is 13.7. The first-order chi connectivity index (χ1) is 9.72. The van der Waals surface area contributed by atoms with Gasteiger partial charge in [-0.1, -0.05) is 30.3 Å². The van der Waals surface area contributed by atoms with Gasteiger partial charge in [0.05, 0.1) is 16.4 Å². The highest BCUT2D eigenvalue weighted by atomic mass is 32.1. The summed E-state index contributed by atoms with van der Waals surface area (Å²) in [4.78, 5) is 5.54. The minimum atomic E-state index is -0.450. The lowest BCUT2D eigenvalue weighted by Crippen LogP contribution is -2.34. The second-order valence-corrected chi connectivity index (χ2v) is 6.37. The zero-order chi connectivity index (χ0) is 14.0. The maximum absolute atomic E-state index is 9.74. The SMILES string of the molecule is CC(O)c1cnc(C2(c3ccccc3)CCOCC2)s1. The molecule has 4 heteroatoms. The lowest BCUT2D eigenvalue weighted by molar-refractivity contribution is 0.0630. The molecule has 1 N–H and O–H groups in total. The van der Waals surface area contributed by atoms with E-state index < -0.39 is 6.10 Å². The molecule has 3 nitrogen and oxygen atoms in total. The van der Waals surface area contributed by atoms with Gasteiger partial charge in [0.2, 0.25) is 0 Å². The Kier molecular flexibility index (Phi) is 3.87. The molecule has 1 aliphatic heterocycles. The van der Waals surface area contributed by atoms with Gasteiger partial charge in [-0.3, -0.25) is 0 Å². The molecular weight excluding hydrogens is 270 g/mol. The molecule has 106 valence electrons. The summed E-state index contributed by atoms with van der Waals surface area (Å²) in [7, 11) is 0. The zero-order valence-corrected chi connectivity index (χ0v) is 12.4. The van der Waals surface area contributed by atoms with E-state index in [0.717, 1.165) is 35.9 Å². The summed E-state index contributed by atoms with van der Waals surface area (Å²) in [5.74, 6) is 0. The Morgan fingerprint density at radius 1 is 1.25 bits per heavy atom. The van der Waals surface area contributed by atoms with Gasteiger partial charge < -0.3 is 9.84 Å². The molecule has 1 atom stereocenters. The minimum absolute atomic E-state index is 0.0582.